The van der Waals surface area contributed by atoms with Gasteiger partial charge in [0, 0.05) is 5.41 Å². The van der Waals surface area contributed by atoms with E-state index in [2.05, 4.69) is 63.2 Å². The van der Waals surface area contributed by atoms with Crippen LogP contribution < -0.4 is 0 Å². The number of allylic oxidation sites excluding steroid dienone is 2. The summed E-state index contributed by atoms with van der Waals surface area (Å²) in [5.74, 6) is 0. The largest absolute Gasteiger partial charge is 0.0642 e. The van der Waals surface area contributed by atoms with Gasteiger partial charge in [0.05, 0.1) is 0 Å². The molecule has 0 N–H and O–H groups in total. The Bertz CT molecular complexity index is 729. The van der Waals surface area contributed by atoms with E-state index in [1.165, 1.54) is 27.8 Å². The summed E-state index contributed by atoms with van der Waals surface area (Å²) in [7, 11) is 0. The van der Waals surface area contributed by atoms with Gasteiger partial charge in [-0.1, -0.05) is 61.9 Å². The second kappa shape index (κ2) is 3.39. The third-order valence-electron chi connectivity index (χ3n) is 4.80. The maximum atomic E-state index is 2.37. The Morgan fingerprint density at radius 1 is 0.895 bits per heavy atom. The maximum Gasteiger partial charge on any atom is 0.0158 e. The molecule has 2 aromatic rings. The molecule has 0 saturated heterocycles. The number of hydrogen-bond acceptors (Lipinski definition) is 0. The summed E-state index contributed by atoms with van der Waals surface area (Å²) in [5.41, 5.74) is 10.6. The summed E-state index contributed by atoms with van der Waals surface area (Å²) in [4.78, 5) is 0. The lowest BCUT2D eigenvalue weighted by atomic mass is 9.67. The van der Waals surface area contributed by atoms with Gasteiger partial charge in [-0.3, -0.25) is 0 Å². The Hall–Kier alpha value is -1.82. The smallest absolute Gasteiger partial charge is 0.0158 e. The lowest BCUT2D eigenvalue weighted by Crippen LogP contribution is -2.24. The molecule has 2 aliphatic carbocycles. The van der Waals surface area contributed by atoms with Gasteiger partial charge in [-0.25, -0.2) is 0 Å². The van der Waals surface area contributed by atoms with Crippen LogP contribution in [0.4, 0.5) is 0 Å². The van der Waals surface area contributed by atoms with Crippen molar-refractivity contribution >= 4 is 5.57 Å². The number of fused-ring (bicyclic) bond motifs is 2. The molecule has 0 heterocycles. The lowest BCUT2D eigenvalue weighted by molar-refractivity contribution is 0.686. The number of rotatable bonds is 0. The predicted octanol–water partition coefficient (Wildman–Crippen LogP) is 4.97. The van der Waals surface area contributed by atoms with E-state index < -0.39 is 0 Å². The maximum absolute atomic E-state index is 2.37. The van der Waals surface area contributed by atoms with Crippen LogP contribution in [-0.4, -0.2) is 0 Å². The van der Waals surface area contributed by atoms with Crippen LogP contribution in [0.5, 0.6) is 0 Å². The first-order valence-corrected chi connectivity index (χ1v) is 7.03. The van der Waals surface area contributed by atoms with Crippen molar-refractivity contribution in [3.63, 3.8) is 0 Å². The summed E-state index contributed by atoms with van der Waals surface area (Å²) >= 11 is 0. The first kappa shape index (κ1) is 11.0. The van der Waals surface area contributed by atoms with Crippen LogP contribution in [0.3, 0.4) is 0 Å². The van der Waals surface area contributed by atoms with E-state index >= 15 is 0 Å². The molecular weight excluding hydrogens is 228 g/mol. The average Bonchev–Trinajstić information content (AvgIpc) is 2.74. The van der Waals surface area contributed by atoms with Crippen molar-refractivity contribution in [1.82, 2.24) is 0 Å². The minimum atomic E-state index is 0.125. The molecule has 0 saturated carbocycles. The van der Waals surface area contributed by atoms with Crippen molar-refractivity contribution < 1.29 is 0 Å². The standard InChI is InChI=1S/C19H18/c1-12-11-13-7-6-9-15-14-8-4-5-10-16(14)19(2,3)18(12)17(13)15/h4-10H,11H2,1-3H3. The van der Waals surface area contributed by atoms with E-state index in [9.17, 15) is 0 Å². The molecule has 0 aromatic heterocycles. The summed E-state index contributed by atoms with van der Waals surface area (Å²) in [6.07, 6.45) is 1.12. The van der Waals surface area contributed by atoms with Crippen molar-refractivity contribution in [3.05, 3.63) is 64.7 Å². The summed E-state index contributed by atoms with van der Waals surface area (Å²) in [5, 5.41) is 0. The van der Waals surface area contributed by atoms with Crippen LogP contribution in [0, 0.1) is 0 Å². The van der Waals surface area contributed by atoms with Gasteiger partial charge >= 0.3 is 0 Å². The second-order valence-electron chi connectivity index (χ2n) is 6.34. The first-order valence-electron chi connectivity index (χ1n) is 7.03. The number of benzene rings is 2. The Balaban J connectivity index is 2.19. The fourth-order valence-electron chi connectivity index (χ4n) is 4.10. The van der Waals surface area contributed by atoms with E-state index in [1.54, 1.807) is 11.1 Å². The van der Waals surface area contributed by atoms with Gasteiger partial charge in [-0.2, -0.15) is 0 Å². The van der Waals surface area contributed by atoms with E-state index in [0.29, 0.717) is 0 Å². The molecule has 2 aliphatic rings. The Morgan fingerprint density at radius 2 is 1.63 bits per heavy atom. The minimum absolute atomic E-state index is 0.125. The molecule has 0 heteroatoms. The zero-order valence-corrected chi connectivity index (χ0v) is 11.7. The second-order valence-corrected chi connectivity index (χ2v) is 6.34. The molecule has 0 bridgehead atoms. The quantitative estimate of drug-likeness (QED) is 0.615. The minimum Gasteiger partial charge on any atom is -0.0642 e. The predicted molar refractivity (Wildman–Crippen MR) is 81.2 cm³/mol. The molecule has 94 valence electrons. The Morgan fingerprint density at radius 3 is 2.47 bits per heavy atom. The normalized spacial score (nSPS) is 18.3. The fourth-order valence-corrected chi connectivity index (χ4v) is 4.10. The first-order chi connectivity index (χ1) is 9.10. The van der Waals surface area contributed by atoms with Crippen molar-refractivity contribution in [2.45, 2.75) is 32.6 Å². The van der Waals surface area contributed by atoms with Crippen molar-refractivity contribution in [2.75, 3.05) is 0 Å². The van der Waals surface area contributed by atoms with Gasteiger partial charge in [0.2, 0.25) is 0 Å². The van der Waals surface area contributed by atoms with Crippen molar-refractivity contribution in [1.29, 1.82) is 0 Å². The topological polar surface area (TPSA) is 0 Å². The SMILES string of the molecule is CC1=C2c3c(cccc3-c3ccccc3C2(C)C)C1. The van der Waals surface area contributed by atoms with Gasteiger partial charge in [0.25, 0.3) is 0 Å². The molecule has 0 unspecified atom stereocenters. The van der Waals surface area contributed by atoms with Gasteiger partial charge in [0.1, 0.15) is 0 Å². The summed E-state index contributed by atoms with van der Waals surface area (Å²) in [6.45, 7) is 7.04. The van der Waals surface area contributed by atoms with E-state index in [4.69, 9.17) is 0 Å². The molecule has 2 aromatic carbocycles. The van der Waals surface area contributed by atoms with Gasteiger partial charge in [0.15, 0.2) is 0 Å². The monoisotopic (exact) mass is 246 g/mol. The van der Waals surface area contributed by atoms with Crippen LogP contribution in [0.15, 0.2) is 48.0 Å². The van der Waals surface area contributed by atoms with Crippen LogP contribution >= 0.6 is 0 Å². The molecular formula is C19H18. The molecule has 0 aliphatic heterocycles. The summed E-state index contributed by atoms with van der Waals surface area (Å²) in [6, 6.07) is 15.7. The van der Waals surface area contributed by atoms with Crippen LogP contribution in [0.25, 0.3) is 16.7 Å². The van der Waals surface area contributed by atoms with E-state index in [-0.39, 0.29) is 5.41 Å². The highest BCUT2D eigenvalue weighted by Gasteiger charge is 2.39. The molecule has 0 amide bonds. The van der Waals surface area contributed by atoms with Gasteiger partial charge in [-0.05, 0) is 46.7 Å². The molecule has 0 radical (unpaired) electrons. The van der Waals surface area contributed by atoms with Crippen LogP contribution in [-0.2, 0) is 11.8 Å². The Kier molecular flexibility index (Phi) is 1.97. The molecule has 19 heavy (non-hydrogen) atoms. The number of hydrogen-bond donors (Lipinski definition) is 0. The van der Waals surface area contributed by atoms with E-state index in [0.717, 1.165) is 6.42 Å². The average molecular weight is 246 g/mol. The molecule has 0 fully saturated rings. The van der Waals surface area contributed by atoms with Crippen LogP contribution in [0.1, 0.15) is 37.5 Å². The van der Waals surface area contributed by atoms with Gasteiger partial charge in [-0.15, -0.1) is 0 Å². The van der Waals surface area contributed by atoms with Gasteiger partial charge < -0.3 is 0 Å². The molecule has 0 nitrogen and oxygen atoms in total. The third-order valence-corrected chi connectivity index (χ3v) is 4.80. The zero-order chi connectivity index (χ0) is 13.2. The van der Waals surface area contributed by atoms with Crippen LogP contribution in [0.2, 0.25) is 0 Å². The highest BCUT2D eigenvalue weighted by atomic mass is 14.4. The zero-order valence-electron chi connectivity index (χ0n) is 11.7. The molecule has 0 spiro atoms. The van der Waals surface area contributed by atoms with E-state index in [1.807, 2.05) is 0 Å². The third kappa shape index (κ3) is 1.24. The Labute approximate surface area is 114 Å². The lowest BCUT2D eigenvalue weighted by Gasteiger charge is -2.36. The molecule has 4 rings (SSSR count). The highest BCUT2D eigenvalue weighted by molar-refractivity contribution is 5.97. The fraction of sp³-hybridized carbons (Fsp3) is 0.263. The van der Waals surface area contributed by atoms with Crippen molar-refractivity contribution in [2.24, 2.45) is 0 Å². The summed E-state index contributed by atoms with van der Waals surface area (Å²) < 4.78 is 0. The van der Waals surface area contributed by atoms with Crippen molar-refractivity contribution in [3.8, 4) is 11.1 Å². The highest BCUT2D eigenvalue weighted by Crippen LogP contribution is 2.54. The molecule has 0 atom stereocenters.